The lowest BCUT2D eigenvalue weighted by molar-refractivity contribution is -0.0106. The molecule has 5 rings (SSSR count). The molecule has 0 amide bonds. The van der Waals surface area contributed by atoms with E-state index in [0.29, 0.717) is 17.2 Å². The summed E-state index contributed by atoms with van der Waals surface area (Å²) in [7, 11) is 0. The molecule has 0 aromatic heterocycles. The van der Waals surface area contributed by atoms with Gasteiger partial charge in [-0.2, -0.15) is 0 Å². The molecule has 1 saturated heterocycles. The number of phenols is 1. The number of hydrogen-bond donors (Lipinski definition) is 2. The monoisotopic (exact) mass is 362 g/mol. The topological polar surface area (TPSA) is 49.5 Å². The summed E-state index contributed by atoms with van der Waals surface area (Å²) in [4.78, 5) is 2.76. The lowest BCUT2D eigenvalue weighted by Gasteiger charge is -2.59. The third kappa shape index (κ3) is 2.84. The number of fused-ring (bicyclic) bond motifs is 1. The largest absolute Gasteiger partial charge is 0.508 e. The summed E-state index contributed by atoms with van der Waals surface area (Å²) in [5.74, 6) is 1.19. The number of likely N-dealkylation sites (tertiary alicyclic amines) is 1. The minimum absolute atomic E-state index is 0.312. The first-order chi connectivity index (χ1) is 13.2. The minimum Gasteiger partial charge on any atom is -0.508 e. The van der Waals surface area contributed by atoms with Crippen LogP contribution in [0.25, 0.3) is 0 Å². The van der Waals surface area contributed by atoms with Crippen LogP contribution in [0.1, 0.15) is 48.8 Å². The number of aromatic hydroxyl groups is 1. The third-order valence-corrected chi connectivity index (χ3v) is 7.60. The molecule has 3 nitrogen and oxygen atoms in total. The fourth-order valence-corrected chi connectivity index (χ4v) is 6.31. The molecule has 2 aromatic rings. The SMILES string of the molecule is Nc1ccc(CCN2CC[C@@]34CCCC[C@@H]3[C@@H]2Cc2ccc(O)cc24)cc1. The van der Waals surface area contributed by atoms with Gasteiger partial charge in [0.25, 0.3) is 0 Å². The molecule has 2 aliphatic carbocycles. The van der Waals surface area contributed by atoms with Crippen LogP contribution in [0.15, 0.2) is 42.5 Å². The van der Waals surface area contributed by atoms with Gasteiger partial charge in [0.2, 0.25) is 0 Å². The number of rotatable bonds is 3. The lowest BCUT2D eigenvalue weighted by atomic mass is 9.52. The second-order valence-corrected chi connectivity index (χ2v) is 8.90. The molecule has 1 heterocycles. The Morgan fingerprint density at radius 1 is 1.07 bits per heavy atom. The summed E-state index contributed by atoms with van der Waals surface area (Å²) in [6, 6.07) is 15.2. The van der Waals surface area contributed by atoms with Crippen LogP contribution in [0.4, 0.5) is 5.69 Å². The number of phenolic OH excluding ortho intramolecular Hbond substituents is 1. The first-order valence-corrected chi connectivity index (χ1v) is 10.6. The van der Waals surface area contributed by atoms with Crippen LogP contribution < -0.4 is 5.73 Å². The Bertz CT molecular complexity index is 831. The van der Waals surface area contributed by atoms with Crippen molar-refractivity contribution in [3.05, 3.63) is 59.2 Å². The number of anilines is 1. The smallest absolute Gasteiger partial charge is 0.115 e. The zero-order valence-electron chi connectivity index (χ0n) is 16.0. The zero-order chi connectivity index (χ0) is 18.4. The van der Waals surface area contributed by atoms with Gasteiger partial charge in [-0.05, 0) is 85.5 Å². The number of nitrogen functional groups attached to an aromatic ring is 1. The standard InChI is InChI=1S/C24H30N2O/c25-19-7-4-17(5-8-19)10-13-26-14-12-24-11-2-1-3-21(24)23(26)15-18-6-9-20(27)16-22(18)24/h4-9,16,21,23,27H,1-3,10-15,25H2/t21-,23+,24+/m1/s1. The van der Waals surface area contributed by atoms with Crippen molar-refractivity contribution >= 4 is 5.69 Å². The molecule has 142 valence electrons. The lowest BCUT2D eigenvalue weighted by Crippen LogP contribution is -2.61. The summed E-state index contributed by atoms with van der Waals surface area (Å²) >= 11 is 0. The number of hydrogen-bond acceptors (Lipinski definition) is 3. The Labute approximate surface area is 162 Å². The molecule has 2 bridgehead atoms. The molecular formula is C24H30N2O. The second-order valence-electron chi connectivity index (χ2n) is 8.90. The number of piperidine rings is 1. The van der Waals surface area contributed by atoms with E-state index in [9.17, 15) is 5.11 Å². The van der Waals surface area contributed by atoms with Gasteiger partial charge >= 0.3 is 0 Å². The van der Waals surface area contributed by atoms with E-state index in [4.69, 9.17) is 5.73 Å². The van der Waals surface area contributed by atoms with E-state index in [0.717, 1.165) is 31.0 Å². The maximum Gasteiger partial charge on any atom is 0.115 e. The average Bonchev–Trinajstić information content (AvgIpc) is 2.69. The van der Waals surface area contributed by atoms with Crippen molar-refractivity contribution in [2.75, 3.05) is 18.8 Å². The highest BCUT2D eigenvalue weighted by molar-refractivity contribution is 5.45. The van der Waals surface area contributed by atoms with Gasteiger partial charge in [-0.1, -0.05) is 31.0 Å². The van der Waals surface area contributed by atoms with E-state index in [2.05, 4.69) is 29.2 Å². The molecule has 2 aromatic carbocycles. The van der Waals surface area contributed by atoms with Crippen molar-refractivity contribution in [1.82, 2.24) is 4.90 Å². The molecule has 2 fully saturated rings. The van der Waals surface area contributed by atoms with Gasteiger partial charge < -0.3 is 10.8 Å². The molecule has 1 aliphatic heterocycles. The molecule has 3 heteroatoms. The summed E-state index contributed by atoms with van der Waals surface area (Å²) in [6.45, 7) is 2.32. The maximum atomic E-state index is 10.1. The number of nitrogens with zero attached hydrogens (tertiary/aromatic N) is 1. The summed E-state index contributed by atoms with van der Waals surface area (Å²) in [6.07, 6.45) is 8.83. The molecule has 3 N–H and O–H groups in total. The van der Waals surface area contributed by atoms with Gasteiger partial charge in [0.1, 0.15) is 5.75 Å². The van der Waals surface area contributed by atoms with Crippen LogP contribution in [0.2, 0.25) is 0 Å². The first kappa shape index (κ1) is 17.1. The minimum atomic E-state index is 0.312. The fourth-order valence-electron chi connectivity index (χ4n) is 6.31. The van der Waals surface area contributed by atoms with E-state index in [1.165, 1.54) is 55.3 Å². The Morgan fingerprint density at radius 3 is 2.78 bits per heavy atom. The van der Waals surface area contributed by atoms with Gasteiger partial charge in [0.15, 0.2) is 0 Å². The summed E-state index contributed by atoms with van der Waals surface area (Å²) in [5.41, 5.74) is 11.3. The van der Waals surface area contributed by atoms with Crippen LogP contribution >= 0.6 is 0 Å². The quantitative estimate of drug-likeness (QED) is 0.802. The van der Waals surface area contributed by atoms with E-state index in [1.807, 2.05) is 18.2 Å². The van der Waals surface area contributed by atoms with Crippen LogP contribution in [0, 0.1) is 5.92 Å². The van der Waals surface area contributed by atoms with Crippen LogP contribution in [0.3, 0.4) is 0 Å². The molecule has 1 saturated carbocycles. The second kappa shape index (κ2) is 6.56. The Hall–Kier alpha value is -2.00. The van der Waals surface area contributed by atoms with Gasteiger partial charge in [-0.15, -0.1) is 0 Å². The average molecular weight is 363 g/mol. The van der Waals surface area contributed by atoms with Crippen molar-refractivity contribution in [3.8, 4) is 5.75 Å². The maximum absolute atomic E-state index is 10.1. The van der Waals surface area contributed by atoms with Gasteiger partial charge in [0.05, 0.1) is 0 Å². The predicted octanol–water partition coefficient (Wildman–Crippen LogP) is 4.28. The van der Waals surface area contributed by atoms with Gasteiger partial charge in [0, 0.05) is 23.7 Å². The third-order valence-electron chi connectivity index (χ3n) is 7.60. The Balaban J connectivity index is 1.42. The van der Waals surface area contributed by atoms with Crippen molar-refractivity contribution in [3.63, 3.8) is 0 Å². The first-order valence-electron chi connectivity index (χ1n) is 10.6. The molecule has 0 spiro atoms. The molecule has 3 atom stereocenters. The van der Waals surface area contributed by atoms with E-state index in [-0.39, 0.29) is 0 Å². The highest BCUT2D eigenvalue weighted by Crippen LogP contribution is 2.56. The van der Waals surface area contributed by atoms with Crippen molar-refractivity contribution < 1.29 is 5.11 Å². The number of benzene rings is 2. The van der Waals surface area contributed by atoms with Crippen LogP contribution in [-0.4, -0.2) is 29.1 Å². The normalized spacial score (nSPS) is 29.8. The van der Waals surface area contributed by atoms with Crippen molar-refractivity contribution in [2.45, 2.75) is 56.4 Å². The molecule has 0 radical (unpaired) electrons. The van der Waals surface area contributed by atoms with Crippen LogP contribution in [-0.2, 0) is 18.3 Å². The molecule has 0 unspecified atom stereocenters. The summed E-state index contributed by atoms with van der Waals surface area (Å²) in [5, 5.41) is 10.1. The predicted molar refractivity (Wildman–Crippen MR) is 110 cm³/mol. The zero-order valence-corrected chi connectivity index (χ0v) is 16.0. The molecular weight excluding hydrogens is 332 g/mol. The van der Waals surface area contributed by atoms with E-state index < -0.39 is 0 Å². The van der Waals surface area contributed by atoms with Gasteiger partial charge in [-0.3, -0.25) is 4.90 Å². The number of nitrogens with two attached hydrogens (primary N) is 1. The highest BCUT2D eigenvalue weighted by Gasteiger charge is 2.53. The fraction of sp³-hybridized carbons (Fsp3) is 0.500. The summed E-state index contributed by atoms with van der Waals surface area (Å²) < 4.78 is 0. The van der Waals surface area contributed by atoms with E-state index >= 15 is 0 Å². The Morgan fingerprint density at radius 2 is 1.93 bits per heavy atom. The molecule has 3 aliphatic rings. The van der Waals surface area contributed by atoms with Gasteiger partial charge in [-0.25, -0.2) is 0 Å². The van der Waals surface area contributed by atoms with Crippen molar-refractivity contribution in [1.29, 1.82) is 0 Å². The van der Waals surface area contributed by atoms with E-state index in [1.54, 1.807) is 0 Å². The van der Waals surface area contributed by atoms with Crippen LogP contribution in [0.5, 0.6) is 5.75 Å². The highest BCUT2D eigenvalue weighted by atomic mass is 16.3. The Kier molecular flexibility index (Phi) is 4.16. The van der Waals surface area contributed by atoms with Crippen molar-refractivity contribution in [2.24, 2.45) is 5.92 Å². The molecule has 27 heavy (non-hydrogen) atoms.